The summed E-state index contributed by atoms with van der Waals surface area (Å²) in [6.07, 6.45) is 9.86. The minimum atomic E-state index is -0.275. The van der Waals surface area contributed by atoms with Crippen LogP contribution in [0.5, 0.6) is 0 Å². The first kappa shape index (κ1) is 16.5. The molecule has 0 spiro atoms. The van der Waals surface area contributed by atoms with Gasteiger partial charge in [0.15, 0.2) is 0 Å². The van der Waals surface area contributed by atoms with Gasteiger partial charge in [0.05, 0.1) is 0 Å². The molecule has 5 heteroatoms. The largest absolute Gasteiger partial charge is 0.370 e. The van der Waals surface area contributed by atoms with Gasteiger partial charge in [-0.2, -0.15) is 0 Å². The fourth-order valence-corrected chi connectivity index (χ4v) is 2.47. The van der Waals surface area contributed by atoms with Gasteiger partial charge in [-0.15, -0.1) is 0 Å². The Morgan fingerprint density at radius 1 is 1.27 bits per heavy atom. The van der Waals surface area contributed by atoms with Gasteiger partial charge in [0.2, 0.25) is 0 Å². The number of nitrogens with zero attached hydrogens (tertiary/aromatic N) is 2. The van der Waals surface area contributed by atoms with Crippen molar-refractivity contribution in [1.82, 2.24) is 15.3 Å². The van der Waals surface area contributed by atoms with Crippen LogP contribution >= 0.6 is 0 Å². The molecule has 1 aromatic rings. The van der Waals surface area contributed by atoms with Crippen molar-refractivity contribution in [2.24, 2.45) is 0 Å². The van der Waals surface area contributed by atoms with Gasteiger partial charge in [0, 0.05) is 18.2 Å². The van der Waals surface area contributed by atoms with Crippen LogP contribution in [0, 0.1) is 0 Å². The van der Waals surface area contributed by atoms with Crippen molar-refractivity contribution in [2.75, 3.05) is 11.9 Å². The molecule has 0 saturated carbocycles. The molecule has 2 rings (SSSR count). The van der Waals surface area contributed by atoms with E-state index in [1.165, 1.54) is 37.6 Å². The van der Waals surface area contributed by atoms with E-state index in [0.29, 0.717) is 11.5 Å². The summed E-state index contributed by atoms with van der Waals surface area (Å²) in [4.78, 5) is 20.3. The molecule has 0 aliphatic heterocycles. The highest BCUT2D eigenvalue weighted by Gasteiger charge is 2.16. The Balaban J connectivity index is 1.88. The number of hydrogen-bond acceptors (Lipinski definition) is 4. The molecule has 2 N–H and O–H groups in total. The second-order valence-electron chi connectivity index (χ2n) is 6.78. The van der Waals surface area contributed by atoms with Crippen LogP contribution in [0.4, 0.5) is 5.82 Å². The van der Waals surface area contributed by atoms with E-state index in [9.17, 15) is 4.79 Å². The minimum absolute atomic E-state index is 0.173. The molecule has 0 aromatic carbocycles. The number of hydrogen-bond donors (Lipinski definition) is 2. The molecular weight excluding hydrogens is 276 g/mol. The van der Waals surface area contributed by atoms with Crippen LogP contribution in [0.15, 0.2) is 24.0 Å². The topological polar surface area (TPSA) is 66.9 Å². The molecule has 0 unspecified atom stereocenters. The molecule has 1 aliphatic rings. The fourth-order valence-electron chi connectivity index (χ4n) is 2.47. The highest BCUT2D eigenvalue weighted by Crippen LogP contribution is 2.20. The molecule has 0 bridgehead atoms. The lowest BCUT2D eigenvalue weighted by Gasteiger charge is -2.20. The van der Waals surface area contributed by atoms with Crippen molar-refractivity contribution in [2.45, 2.75) is 58.4 Å². The van der Waals surface area contributed by atoms with Crippen molar-refractivity contribution in [3.8, 4) is 0 Å². The lowest BCUT2D eigenvalue weighted by molar-refractivity contribution is 0.0914. The number of amides is 1. The van der Waals surface area contributed by atoms with E-state index in [2.05, 4.69) is 26.7 Å². The second-order valence-corrected chi connectivity index (χ2v) is 6.78. The van der Waals surface area contributed by atoms with Crippen molar-refractivity contribution in [3.63, 3.8) is 0 Å². The van der Waals surface area contributed by atoms with E-state index in [4.69, 9.17) is 0 Å². The maximum atomic E-state index is 12.1. The summed E-state index contributed by atoms with van der Waals surface area (Å²) < 4.78 is 0. The summed E-state index contributed by atoms with van der Waals surface area (Å²) in [6.45, 7) is 6.68. The molecule has 1 amide bonds. The molecule has 22 heavy (non-hydrogen) atoms. The molecule has 1 aliphatic carbocycles. The summed E-state index contributed by atoms with van der Waals surface area (Å²) in [5.41, 5.74) is 1.64. The van der Waals surface area contributed by atoms with Crippen LogP contribution in [-0.4, -0.2) is 28.0 Å². The fraction of sp³-hybridized carbons (Fsp3) is 0.588. The molecular formula is C17H26N4O. The van der Waals surface area contributed by atoms with E-state index >= 15 is 0 Å². The third-order valence-corrected chi connectivity index (χ3v) is 3.53. The molecule has 1 heterocycles. The van der Waals surface area contributed by atoms with Gasteiger partial charge in [-0.3, -0.25) is 4.79 Å². The van der Waals surface area contributed by atoms with Gasteiger partial charge in [-0.1, -0.05) is 11.6 Å². The van der Waals surface area contributed by atoms with Crippen LogP contribution in [0.3, 0.4) is 0 Å². The third-order valence-electron chi connectivity index (χ3n) is 3.53. The summed E-state index contributed by atoms with van der Waals surface area (Å²) in [5, 5.41) is 6.18. The highest BCUT2D eigenvalue weighted by atomic mass is 16.2. The van der Waals surface area contributed by atoms with E-state index in [1.54, 1.807) is 6.07 Å². The standard InChI is InChI=1S/C17H26N4O/c1-17(2,3)21-16(22)14-11-15(20-12-19-14)18-10-9-13-7-5-4-6-8-13/h7,11-12H,4-6,8-10H2,1-3H3,(H,21,22)(H,18,19,20). The van der Waals surface area contributed by atoms with Gasteiger partial charge in [-0.05, 0) is 52.9 Å². The number of nitrogens with one attached hydrogen (secondary N) is 2. The second kappa shape index (κ2) is 7.38. The predicted molar refractivity (Wildman–Crippen MR) is 88.9 cm³/mol. The monoisotopic (exact) mass is 302 g/mol. The zero-order valence-electron chi connectivity index (χ0n) is 13.8. The molecule has 0 atom stereocenters. The zero-order chi connectivity index (χ0) is 16.0. The van der Waals surface area contributed by atoms with Gasteiger partial charge in [0.1, 0.15) is 17.8 Å². The summed E-state index contributed by atoms with van der Waals surface area (Å²) in [7, 11) is 0. The van der Waals surface area contributed by atoms with Crippen molar-refractivity contribution in [1.29, 1.82) is 0 Å². The SMILES string of the molecule is CC(C)(C)NC(=O)c1cc(NCCC2=CCCCC2)ncn1. The number of aromatic nitrogens is 2. The summed E-state index contributed by atoms with van der Waals surface area (Å²) in [6, 6.07) is 1.70. The predicted octanol–water partition coefficient (Wildman–Crippen LogP) is 3.31. The van der Waals surface area contributed by atoms with Gasteiger partial charge >= 0.3 is 0 Å². The van der Waals surface area contributed by atoms with E-state index in [-0.39, 0.29) is 11.4 Å². The Hall–Kier alpha value is -1.91. The maximum absolute atomic E-state index is 12.1. The number of anilines is 1. The van der Waals surface area contributed by atoms with Crippen LogP contribution in [0.1, 0.15) is 63.4 Å². The Morgan fingerprint density at radius 3 is 2.77 bits per heavy atom. The van der Waals surface area contributed by atoms with Crippen molar-refractivity contribution in [3.05, 3.63) is 29.7 Å². The summed E-state index contributed by atoms with van der Waals surface area (Å²) in [5.74, 6) is 0.526. The van der Waals surface area contributed by atoms with Crippen molar-refractivity contribution >= 4 is 11.7 Å². The average Bonchev–Trinajstić information content (AvgIpc) is 2.47. The normalized spacial score (nSPS) is 15.1. The maximum Gasteiger partial charge on any atom is 0.270 e. The smallest absolute Gasteiger partial charge is 0.270 e. The molecule has 0 fully saturated rings. The number of carbonyl (C=O) groups is 1. The summed E-state index contributed by atoms with van der Waals surface area (Å²) >= 11 is 0. The minimum Gasteiger partial charge on any atom is -0.370 e. The van der Waals surface area contributed by atoms with Crippen LogP contribution in [0.25, 0.3) is 0 Å². The first-order valence-electron chi connectivity index (χ1n) is 8.00. The molecule has 0 saturated heterocycles. The zero-order valence-corrected chi connectivity index (χ0v) is 13.8. The molecule has 5 nitrogen and oxygen atoms in total. The van der Waals surface area contributed by atoms with Crippen LogP contribution in [-0.2, 0) is 0 Å². The Labute approximate surface area is 132 Å². The number of rotatable bonds is 5. The molecule has 120 valence electrons. The first-order chi connectivity index (χ1) is 10.4. The lowest BCUT2D eigenvalue weighted by Crippen LogP contribution is -2.41. The van der Waals surface area contributed by atoms with Gasteiger partial charge in [-0.25, -0.2) is 9.97 Å². The number of carbonyl (C=O) groups excluding carboxylic acids is 1. The van der Waals surface area contributed by atoms with E-state index < -0.39 is 0 Å². The van der Waals surface area contributed by atoms with Gasteiger partial charge in [0.25, 0.3) is 5.91 Å². The van der Waals surface area contributed by atoms with Gasteiger partial charge < -0.3 is 10.6 Å². The highest BCUT2D eigenvalue weighted by molar-refractivity contribution is 5.93. The molecule has 0 radical (unpaired) electrons. The van der Waals surface area contributed by atoms with E-state index in [0.717, 1.165) is 13.0 Å². The first-order valence-corrected chi connectivity index (χ1v) is 8.00. The molecule has 1 aromatic heterocycles. The Bertz CT molecular complexity index is 546. The quantitative estimate of drug-likeness (QED) is 0.819. The number of allylic oxidation sites excluding steroid dienone is 1. The van der Waals surface area contributed by atoms with Crippen molar-refractivity contribution < 1.29 is 4.79 Å². The average molecular weight is 302 g/mol. The van der Waals surface area contributed by atoms with E-state index in [1.807, 2.05) is 20.8 Å². The lowest BCUT2D eigenvalue weighted by atomic mass is 9.97. The Kier molecular flexibility index (Phi) is 5.52. The van der Waals surface area contributed by atoms with Crippen LogP contribution < -0.4 is 10.6 Å². The Morgan fingerprint density at radius 2 is 2.09 bits per heavy atom. The third kappa shape index (κ3) is 5.47. The van der Waals surface area contributed by atoms with Crippen LogP contribution in [0.2, 0.25) is 0 Å².